The molecule has 1 aromatic carbocycles. The first-order chi connectivity index (χ1) is 7.61. The summed E-state index contributed by atoms with van der Waals surface area (Å²) in [6, 6.07) is 6.22. The molecule has 0 spiro atoms. The molecule has 3 rings (SSSR count). The van der Waals surface area contributed by atoms with Crippen molar-refractivity contribution < 1.29 is 9.53 Å². The van der Waals surface area contributed by atoms with E-state index in [0.717, 1.165) is 24.9 Å². The Balaban J connectivity index is 1.98. The molecule has 2 unspecified atom stereocenters. The highest BCUT2D eigenvalue weighted by molar-refractivity contribution is 5.63. The van der Waals surface area contributed by atoms with Gasteiger partial charge in [0.1, 0.15) is 17.6 Å². The van der Waals surface area contributed by atoms with Crippen molar-refractivity contribution >= 4 is 6.29 Å². The lowest BCUT2D eigenvalue weighted by atomic mass is 9.94. The highest BCUT2D eigenvalue weighted by Crippen LogP contribution is 2.50. The maximum atomic E-state index is 10.7. The zero-order valence-corrected chi connectivity index (χ0v) is 9.69. The van der Waals surface area contributed by atoms with Gasteiger partial charge < -0.3 is 9.53 Å². The second-order valence-electron chi connectivity index (χ2n) is 5.50. The first-order valence-electron chi connectivity index (χ1n) is 5.87. The number of hydrogen-bond donors (Lipinski definition) is 0. The van der Waals surface area contributed by atoms with Gasteiger partial charge in [-0.2, -0.15) is 0 Å². The van der Waals surface area contributed by atoms with Crippen molar-refractivity contribution in [1.82, 2.24) is 0 Å². The molecule has 0 bridgehead atoms. The van der Waals surface area contributed by atoms with Crippen LogP contribution in [0.5, 0.6) is 5.75 Å². The van der Waals surface area contributed by atoms with E-state index in [9.17, 15) is 4.79 Å². The Morgan fingerprint density at radius 2 is 2.25 bits per heavy atom. The summed E-state index contributed by atoms with van der Waals surface area (Å²) in [6.07, 6.45) is 3.06. The molecule has 1 aromatic rings. The molecule has 2 aliphatic rings. The summed E-state index contributed by atoms with van der Waals surface area (Å²) in [4.78, 5) is 10.7. The molecule has 2 nitrogen and oxygen atoms in total. The molecule has 1 fully saturated rings. The van der Waals surface area contributed by atoms with Crippen LogP contribution >= 0.6 is 0 Å². The first kappa shape index (κ1) is 9.88. The quantitative estimate of drug-likeness (QED) is 0.710. The van der Waals surface area contributed by atoms with Crippen LogP contribution in [0.1, 0.15) is 37.3 Å². The standard InChI is InChI=1S/C14H16O2/c1-14(2)7-12-10(11-6-9(11)8-15)4-3-5-13(12)16-14/h3-5,8-9,11H,6-7H2,1-2H3. The van der Waals surface area contributed by atoms with E-state index >= 15 is 0 Å². The minimum atomic E-state index is -0.0933. The Bertz CT molecular complexity index is 448. The molecule has 0 amide bonds. The van der Waals surface area contributed by atoms with Gasteiger partial charge in [0, 0.05) is 17.9 Å². The third kappa shape index (κ3) is 1.44. The SMILES string of the molecule is CC1(C)Cc2c(cccc2C2CC2C=O)O1. The fraction of sp³-hybridized carbons (Fsp3) is 0.500. The van der Waals surface area contributed by atoms with Crippen molar-refractivity contribution in [3.63, 3.8) is 0 Å². The molecule has 2 heteroatoms. The van der Waals surface area contributed by atoms with Crippen LogP contribution in [-0.4, -0.2) is 11.9 Å². The second-order valence-corrected chi connectivity index (χ2v) is 5.50. The van der Waals surface area contributed by atoms with E-state index in [0.29, 0.717) is 5.92 Å². The summed E-state index contributed by atoms with van der Waals surface area (Å²) in [5, 5.41) is 0. The van der Waals surface area contributed by atoms with Crippen LogP contribution in [0.2, 0.25) is 0 Å². The van der Waals surface area contributed by atoms with Crippen molar-refractivity contribution in [2.75, 3.05) is 0 Å². The number of fused-ring (bicyclic) bond motifs is 1. The van der Waals surface area contributed by atoms with Gasteiger partial charge in [0.25, 0.3) is 0 Å². The summed E-state index contributed by atoms with van der Waals surface area (Å²) < 4.78 is 5.89. The Labute approximate surface area is 95.6 Å². The predicted molar refractivity (Wildman–Crippen MR) is 61.8 cm³/mol. The number of benzene rings is 1. The van der Waals surface area contributed by atoms with Crippen LogP contribution in [-0.2, 0) is 11.2 Å². The lowest BCUT2D eigenvalue weighted by Crippen LogP contribution is -2.24. The number of hydrogen-bond acceptors (Lipinski definition) is 2. The first-order valence-corrected chi connectivity index (χ1v) is 5.87. The second kappa shape index (κ2) is 3.09. The normalized spacial score (nSPS) is 29.4. The Morgan fingerprint density at radius 1 is 1.44 bits per heavy atom. The molecular formula is C14H16O2. The van der Waals surface area contributed by atoms with Gasteiger partial charge in [-0.05, 0) is 37.8 Å². The van der Waals surface area contributed by atoms with Crippen molar-refractivity contribution in [2.45, 2.75) is 38.2 Å². The third-order valence-corrected chi connectivity index (χ3v) is 3.57. The predicted octanol–water partition coefficient (Wildman–Crippen LogP) is 2.70. The van der Waals surface area contributed by atoms with Crippen LogP contribution in [0.25, 0.3) is 0 Å². The smallest absolute Gasteiger partial charge is 0.123 e. The minimum Gasteiger partial charge on any atom is -0.487 e. The average molecular weight is 216 g/mol. The number of carbonyl (C=O) groups excluding carboxylic acids is 1. The summed E-state index contributed by atoms with van der Waals surface area (Å²) in [5.74, 6) is 1.71. The van der Waals surface area contributed by atoms with E-state index in [4.69, 9.17) is 4.74 Å². The average Bonchev–Trinajstić information content (AvgIpc) is 2.92. The van der Waals surface area contributed by atoms with Gasteiger partial charge in [-0.3, -0.25) is 0 Å². The minimum absolute atomic E-state index is 0.0933. The van der Waals surface area contributed by atoms with Crippen molar-refractivity contribution in [2.24, 2.45) is 5.92 Å². The monoisotopic (exact) mass is 216 g/mol. The summed E-state index contributed by atoms with van der Waals surface area (Å²) in [6.45, 7) is 4.22. The number of rotatable bonds is 2. The molecule has 1 heterocycles. The molecular weight excluding hydrogens is 200 g/mol. The molecule has 0 N–H and O–H groups in total. The number of aldehydes is 1. The van der Waals surface area contributed by atoms with E-state index in [1.54, 1.807) is 0 Å². The van der Waals surface area contributed by atoms with E-state index in [-0.39, 0.29) is 11.5 Å². The Morgan fingerprint density at radius 3 is 2.94 bits per heavy atom. The van der Waals surface area contributed by atoms with E-state index in [1.807, 2.05) is 12.1 Å². The van der Waals surface area contributed by atoms with Crippen LogP contribution < -0.4 is 4.74 Å². The topological polar surface area (TPSA) is 26.3 Å². The summed E-state index contributed by atoms with van der Waals surface area (Å²) in [5.41, 5.74) is 2.56. The molecule has 0 radical (unpaired) electrons. The molecule has 84 valence electrons. The largest absolute Gasteiger partial charge is 0.487 e. The van der Waals surface area contributed by atoms with Crippen LogP contribution in [0, 0.1) is 5.92 Å². The zero-order chi connectivity index (χ0) is 11.3. The number of carbonyl (C=O) groups is 1. The van der Waals surface area contributed by atoms with E-state index < -0.39 is 0 Å². The molecule has 1 aliphatic carbocycles. The third-order valence-electron chi connectivity index (χ3n) is 3.57. The number of ether oxygens (including phenoxy) is 1. The Kier molecular flexibility index (Phi) is 1.91. The van der Waals surface area contributed by atoms with Gasteiger partial charge in [0.05, 0.1) is 0 Å². The summed E-state index contributed by atoms with van der Waals surface area (Å²) >= 11 is 0. The zero-order valence-electron chi connectivity index (χ0n) is 9.69. The van der Waals surface area contributed by atoms with E-state index in [2.05, 4.69) is 19.9 Å². The fourth-order valence-corrected chi connectivity index (χ4v) is 2.70. The Hall–Kier alpha value is -1.31. The van der Waals surface area contributed by atoms with Crippen molar-refractivity contribution in [1.29, 1.82) is 0 Å². The maximum Gasteiger partial charge on any atom is 0.123 e. The molecule has 0 aromatic heterocycles. The maximum absolute atomic E-state index is 10.7. The van der Waals surface area contributed by atoms with Gasteiger partial charge in [-0.25, -0.2) is 0 Å². The lowest BCUT2D eigenvalue weighted by Gasteiger charge is -2.16. The van der Waals surface area contributed by atoms with Gasteiger partial charge in [-0.1, -0.05) is 12.1 Å². The van der Waals surface area contributed by atoms with Gasteiger partial charge in [0.2, 0.25) is 0 Å². The molecule has 1 aliphatic heterocycles. The van der Waals surface area contributed by atoms with Crippen molar-refractivity contribution in [3.05, 3.63) is 29.3 Å². The van der Waals surface area contributed by atoms with Crippen molar-refractivity contribution in [3.8, 4) is 5.75 Å². The van der Waals surface area contributed by atoms with Gasteiger partial charge in [-0.15, -0.1) is 0 Å². The molecule has 2 atom stereocenters. The highest BCUT2D eigenvalue weighted by atomic mass is 16.5. The molecule has 16 heavy (non-hydrogen) atoms. The van der Waals surface area contributed by atoms with E-state index in [1.165, 1.54) is 11.1 Å². The molecule has 0 saturated heterocycles. The molecule has 1 saturated carbocycles. The van der Waals surface area contributed by atoms with Gasteiger partial charge in [0.15, 0.2) is 0 Å². The summed E-state index contributed by atoms with van der Waals surface area (Å²) in [7, 11) is 0. The van der Waals surface area contributed by atoms with Crippen LogP contribution in [0.15, 0.2) is 18.2 Å². The van der Waals surface area contributed by atoms with Gasteiger partial charge >= 0.3 is 0 Å². The van der Waals surface area contributed by atoms with Crippen LogP contribution in [0.4, 0.5) is 0 Å². The highest BCUT2D eigenvalue weighted by Gasteiger charge is 2.42. The fourth-order valence-electron chi connectivity index (χ4n) is 2.70. The lowest BCUT2D eigenvalue weighted by molar-refractivity contribution is -0.108. The van der Waals surface area contributed by atoms with Crippen LogP contribution in [0.3, 0.4) is 0 Å².